The smallest absolute Gasteiger partial charge is 0.266 e. The first-order valence-electron chi connectivity index (χ1n) is 10.1. The van der Waals surface area contributed by atoms with Gasteiger partial charge < -0.3 is 14.2 Å². The van der Waals surface area contributed by atoms with Gasteiger partial charge in [-0.2, -0.15) is 0 Å². The Kier molecular flexibility index (Phi) is 7.39. The van der Waals surface area contributed by atoms with Crippen LogP contribution in [0, 0.1) is 0 Å². The van der Waals surface area contributed by atoms with Crippen LogP contribution in [0.5, 0.6) is 11.5 Å². The van der Waals surface area contributed by atoms with Gasteiger partial charge in [0.15, 0.2) is 11.7 Å². The van der Waals surface area contributed by atoms with Gasteiger partial charge in [-0.1, -0.05) is 27.3 Å². The van der Waals surface area contributed by atoms with Crippen molar-refractivity contribution in [3.63, 3.8) is 0 Å². The van der Waals surface area contributed by atoms with Gasteiger partial charge in [0.2, 0.25) is 0 Å². The van der Waals surface area contributed by atoms with Crippen LogP contribution in [0.25, 0.3) is 10.2 Å². The van der Waals surface area contributed by atoms with Crippen molar-refractivity contribution in [1.82, 2.24) is 9.88 Å². The van der Waals surface area contributed by atoms with Crippen LogP contribution in [0.2, 0.25) is 0 Å². The highest BCUT2D eigenvalue weighted by atomic mass is 79.9. The lowest BCUT2D eigenvalue weighted by Gasteiger charge is -2.29. The molecule has 0 atom stereocenters. The van der Waals surface area contributed by atoms with Gasteiger partial charge in [0.05, 0.1) is 30.5 Å². The summed E-state index contributed by atoms with van der Waals surface area (Å²) in [5.41, 5.74) is 0.878. The van der Waals surface area contributed by atoms with E-state index in [2.05, 4.69) is 20.8 Å². The third-order valence-corrected chi connectivity index (χ3v) is 6.57. The van der Waals surface area contributed by atoms with Crippen LogP contribution >= 0.6 is 27.3 Å². The Morgan fingerprint density at radius 3 is 2.68 bits per heavy atom. The molecule has 164 valence electrons. The summed E-state index contributed by atoms with van der Waals surface area (Å²) in [5.74, 6) is 1.24. The van der Waals surface area contributed by atoms with Crippen LogP contribution in [0.1, 0.15) is 0 Å². The zero-order valence-corrected chi connectivity index (χ0v) is 19.7. The summed E-state index contributed by atoms with van der Waals surface area (Å²) >= 11 is 5.01. The van der Waals surface area contributed by atoms with E-state index in [1.807, 2.05) is 18.2 Å². The first-order chi connectivity index (χ1) is 15.1. The van der Waals surface area contributed by atoms with Gasteiger partial charge in [-0.05, 0) is 42.5 Å². The number of nitrogens with zero attached hydrogens (tertiary/aromatic N) is 3. The van der Waals surface area contributed by atoms with Crippen molar-refractivity contribution in [2.24, 2.45) is 0 Å². The topological polar surface area (TPSA) is 64.1 Å². The highest BCUT2D eigenvalue weighted by Gasteiger charge is 2.22. The Balaban J connectivity index is 1.48. The molecule has 1 fully saturated rings. The molecule has 2 heterocycles. The molecule has 1 saturated heterocycles. The fourth-order valence-electron chi connectivity index (χ4n) is 3.29. The number of anilines is 1. The summed E-state index contributed by atoms with van der Waals surface area (Å²) in [6, 6.07) is 13.1. The number of hydrogen-bond donors (Lipinski definition) is 0. The summed E-state index contributed by atoms with van der Waals surface area (Å²) in [5, 5.41) is 0.685. The molecule has 3 aromatic rings. The van der Waals surface area contributed by atoms with Crippen molar-refractivity contribution < 1.29 is 19.0 Å². The van der Waals surface area contributed by atoms with Crippen molar-refractivity contribution in [2.45, 2.75) is 0 Å². The second-order valence-corrected chi connectivity index (χ2v) is 9.00. The standard InChI is InChI=1S/C22H24BrN3O4S/c1-28-17-3-5-18(6-4-17)30-15-21(27)26(9-8-25-10-12-29-13-11-25)22-24-19-7-2-16(23)14-20(19)31-22/h2-7,14H,8-13,15H2,1H3. The molecule has 9 heteroatoms. The van der Waals surface area contributed by atoms with E-state index in [9.17, 15) is 4.79 Å². The Morgan fingerprint density at radius 2 is 1.94 bits per heavy atom. The minimum absolute atomic E-state index is 0.0605. The van der Waals surface area contributed by atoms with Gasteiger partial charge in [0, 0.05) is 30.7 Å². The molecular formula is C22H24BrN3O4S. The zero-order chi connectivity index (χ0) is 21.6. The van der Waals surface area contributed by atoms with Gasteiger partial charge in [-0.25, -0.2) is 4.98 Å². The number of benzene rings is 2. The largest absolute Gasteiger partial charge is 0.497 e. The number of carbonyl (C=O) groups excluding carboxylic acids is 1. The first kappa shape index (κ1) is 22.0. The molecule has 1 aliphatic rings. The highest BCUT2D eigenvalue weighted by molar-refractivity contribution is 9.10. The number of amides is 1. The second-order valence-electron chi connectivity index (χ2n) is 7.07. The third kappa shape index (κ3) is 5.74. The lowest BCUT2D eigenvalue weighted by atomic mass is 10.3. The number of methoxy groups -OCH3 is 1. The Labute approximate surface area is 193 Å². The molecule has 1 aromatic heterocycles. The normalized spacial score (nSPS) is 14.5. The van der Waals surface area contributed by atoms with E-state index in [0.29, 0.717) is 17.4 Å². The molecule has 0 saturated carbocycles. The number of ether oxygens (including phenoxy) is 3. The summed E-state index contributed by atoms with van der Waals surface area (Å²) in [4.78, 5) is 21.9. The summed E-state index contributed by atoms with van der Waals surface area (Å²) in [7, 11) is 1.61. The lowest BCUT2D eigenvalue weighted by Crippen LogP contribution is -2.44. The molecule has 4 rings (SSSR count). The maximum atomic E-state index is 13.1. The SMILES string of the molecule is COc1ccc(OCC(=O)N(CCN2CCOCC2)c2nc3ccc(Br)cc3s2)cc1. The van der Waals surface area contributed by atoms with Crippen molar-refractivity contribution in [2.75, 3.05) is 58.0 Å². The molecule has 1 aliphatic heterocycles. The highest BCUT2D eigenvalue weighted by Crippen LogP contribution is 2.31. The van der Waals surface area contributed by atoms with Gasteiger partial charge >= 0.3 is 0 Å². The Hall–Kier alpha value is -2.20. The van der Waals surface area contributed by atoms with Gasteiger partial charge in [-0.15, -0.1) is 0 Å². The maximum Gasteiger partial charge on any atom is 0.266 e. The number of hydrogen-bond acceptors (Lipinski definition) is 7. The van der Waals surface area contributed by atoms with Gasteiger partial charge in [0.1, 0.15) is 11.5 Å². The average Bonchev–Trinajstić information content (AvgIpc) is 3.21. The van der Waals surface area contributed by atoms with E-state index in [0.717, 1.165) is 53.3 Å². The molecule has 7 nitrogen and oxygen atoms in total. The minimum atomic E-state index is -0.123. The van der Waals surface area contributed by atoms with E-state index in [4.69, 9.17) is 19.2 Å². The predicted molar refractivity (Wildman–Crippen MR) is 125 cm³/mol. The predicted octanol–water partition coefficient (Wildman–Crippen LogP) is 3.81. The van der Waals surface area contributed by atoms with Crippen LogP contribution in [0.15, 0.2) is 46.9 Å². The molecule has 31 heavy (non-hydrogen) atoms. The molecule has 0 spiro atoms. The average molecular weight is 506 g/mol. The minimum Gasteiger partial charge on any atom is -0.497 e. The molecular weight excluding hydrogens is 482 g/mol. The van der Waals surface area contributed by atoms with E-state index < -0.39 is 0 Å². The third-order valence-electron chi connectivity index (χ3n) is 5.04. The Morgan fingerprint density at radius 1 is 1.19 bits per heavy atom. The number of thiazole rings is 1. The molecule has 2 aromatic carbocycles. The molecule has 0 bridgehead atoms. The quantitative estimate of drug-likeness (QED) is 0.463. The molecule has 0 radical (unpaired) electrons. The Bertz CT molecular complexity index is 1020. The van der Waals surface area contributed by atoms with Crippen molar-refractivity contribution in [1.29, 1.82) is 0 Å². The summed E-state index contributed by atoms with van der Waals surface area (Å²) in [6.45, 7) is 4.44. The van der Waals surface area contributed by atoms with Crippen LogP contribution in [-0.2, 0) is 9.53 Å². The van der Waals surface area contributed by atoms with Crippen molar-refractivity contribution >= 4 is 48.5 Å². The van der Waals surface area contributed by atoms with Crippen molar-refractivity contribution in [3.8, 4) is 11.5 Å². The van der Waals surface area contributed by atoms with Gasteiger partial charge in [0.25, 0.3) is 5.91 Å². The first-order valence-corrected chi connectivity index (χ1v) is 11.7. The summed E-state index contributed by atoms with van der Waals surface area (Å²) < 4.78 is 18.4. The van der Waals surface area contributed by atoms with E-state index in [-0.39, 0.29) is 12.5 Å². The van der Waals surface area contributed by atoms with E-state index in [1.165, 1.54) is 11.3 Å². The number of carbonyl (C=O) groups is 1. The van der Waals surface area contributed by atoms with Crippen LogP contribution in [0.3, 0.4) is 0 Å². The van der Waals surface area contributed by atoms with Crippen LogP contribution in [-0.4, -0.2) is 68.9 Å². The number of rotatable bonds is 8. The molecule has 0 aliphatic carbocycles. The van der Waals surface area contributed by atoms with E-state index in [1.54, 1.807) is 36.3 Å². The lowest BCUT2D eigenvalue weighted by molar-refractivity contribution is -0.120. The number of fused-ring (bicyclic) bond motifs is 1. The van der Waals surface area contributed by atoms with Crippen LogP contribution in [0.4, 0.5) is 5.13 Å². The van der Waals surface area contributed by atoms with Crippen LogP contribution < -0.4 is 14.4 Å². The molecule has 1 amide bonds. The fraction of sp³-hybridized carbons (Fsp3) is 0.364. The second kappa shape index (κ2) is 10.4. The van der Waals surface area contributed by atoms with E-state index >= 15 is 0 Å². The fourth-order valence-corrected chi connectivity index (χ4v) is 4.85. The maximum absolute atomic E-state index is 13.1. The summed E-state index contributed by atoms with van der Waals surface area (Å²) in [6.07, 6.45) is 0. The zero-order valence-electron chi connectivity index (χ0n) is 17.3. The molecule has 0 N–H and O–H groups in total. The van der Waals surface area contributed by atoms with Gasteiger partial charge in [-0.3, -0.25) is 14.6 Å². The number of aromatic nitrogens is 1. The molecule has 0 unspecified atom stereocenters. The van der Waals surface area contributed by atoms with Crippen molar-refractivity contribution in [3.05, 3.63) is 46.9 Å². The number of morpholine rings is 1. The monoisotopic (exact) mass is 505 g/mol. The number of halogens is 1.